The third-order valence-electron chi connectivity index (χ3n) is 9.33. The number of fused-ring (bicyclic) bond motifs is 3. The summed E-state index contributed by atoms with van der Waals surface area (Å²) in [5, 5.41) is 11.0. The predicted octanol–water partition coefficient (Wildman–Crippen LogP) is 4.75. The number of ether oxygens (including phenoxy) is 3. The van der Waals surface area contributed by atoms with Crippen molar-refractivity contribution in [3.63, 3.8) is 0 Å². The summed E-state index contributed by atoms with van der Waals surface area (Å²) in [4.78, 5) is 51.9. The van der Waals surface area contributed by atoms with E-state index in [4.69, 9.17) is 14.2 Å². The van der Waals surface area contributed by atoms with Gasteiger partial charge in [0.15, 0.2) is 11.9 Å². The Bertz CT molecular complexity index is 1310. The third-order valence-corrected chi connectivity index (χ3v) is 9.33. The monoisotopic (exact) mass is 564 g/mol. The first-order chi connectivity index (χ1) is 19.2. The number of allylic oxidation sites excluding steroid dienone is 1. The number of carbonyl (C=O) groups is 4. The average molecular weight is 565 g/mol. The molecular weight excluding hydrogens is 524 g/mol. The van der Waals surface area contributed by atoms with Crippen molar-refractivity contribution in [1.29, 1.82) is 0 Å². The number of hydrogen-bond acceptors (Lipinski definition) is 8. The van der Waals surface area contributed by atoms with Crippen LogP contribution >= 0.6 is 0 Å². The van der Waals surface area contributed by atoms with Crippen LogP contribution < -0.4 is 0 Å². The van der Waals surface area contributed by atoms with E-state index in [9.17, 15) is 24.3 Å². The van der Waals surface area contributed by atoms with Crippen molar-refractivity contribution in [3.05, 3.63) is 65.3 Å². The van der Waals surface area contributed by atoms with Crippen molar-refractivity contribution in [2.75, 3.05) is 0 Å². The summed E-state index contributed by atoms with van der Waals surface area (Å²) in [6.07, 6.45) is -0.0855. The molecule has 41 heavy (non-hydrogen) atoms. The summed E-state index contributed by atoms with van der Waals surface area (Å²) in [6.45, 7) is 14.2. The van der Waals surface area contributed by atoms with Crippen LogP contribution in [0.2, 0.25) is 0 Å². The first-order valence-electron chi connectivity index (χ1n) is 14.1. The lowest BCUT2D eigenvalue weighted by atomic mass is 9.49. The molecule has 220 valence electrons. The highest BCUT2D eigenvalue weighted by Crippen LogP contribution is 2.60. The highest BCUT2D eigenvalue weighted by atomic mass is 16.6. The molecule has 0 spiro atoms. The third kappa shape index (κ3) is 5.67. The van der Waals surface area contributed by atoms with Crippen molar-refractivity contribution in [3.8, 4) is 0 Å². The second-order valence-corrected chi connectivity index (χ2v) is 12.3. The Morgan fingerprint density at radius 2 is 1.66 bits per heavy atom. The normalized spacial score (nSPS) is 33.0. The second-order valence-electron chi connectivity index (χ2n) is 12.3. The lowest BCUT2D eigenvalue weighted by Gasteiger charge is -2.59. The van der Waals surface area contributed by atoms with Crippen LogP contribution in [0.1, 0.15) is 66.4 Å². The van der Waals surface area contributed by atoms with Crippen LogP contribution in [0, 0.1) is 22.7 Å². The molecule has 2 fully saturated rings. The molecule has 0 amide bonds. The molecule has 7 atom stereocenters. The van der Waals surface area contributed by atoms with E-state index in [2.05, 4.69) is 6.58 Å². The molecule has 0 aliphatic heterocycles. The number of Topliss-reactive ketones (excluding diaryl/α,β-unsaturated/α-hetero) is 1. The Morgan fingerprint density at radius 3 is 2.27 bits per heavy atom. The van der Waals surface area contributed by atoms with Crippen molar-refractivity contribution < 1.29 is 38.5 Å². The summed E-state index contributed by atoms with van der Waals surface area (Å²) in [5.74, 6) is -3.19. The fraction of sp³-hybridized carbons (Fsp3) is 0.515. The maximum Gasteiger partial charge on any atom is 0.331 e. The SMILES string of the molecule is C=C1[C@@H](O)CC[C@@]2(C)[C@@H](OC(C)=O)[C@H](OC(C)=O)C3=C(C)C(=O)C[C@@H]([C@@H](OC(=O)/C=C/c4ccccc4)[C@H]12)C3(C)C. The fourth-order valence-electron chi connectivity index (χ4n) is 7.33. The molecule has 0 aromatic heterocycles. The van der Waals surface area contributed by atoms with Gasteiger partial charge in [-0.1, -0.05) is 57.7 Å². The van der Waals surface area contributed by atoms with Crippen LogP contribution in [-0.2, 0) is 33.4 Å². The van der Waals surface area contributed by atoms with Crippen molar-refractivity contribution in [2.45, 2.75) is 85.2 Å². The molecule has 1 aromatic rings. The highest BCUT2D eigenvalue weighted by molar-refractivity contribution is 5.97. The molecule has 1 N–H and O–H groups in total. The van der Waals surface area contributed by atoms with Gasteiger partial charge in [0.1, 0.15) is 12.2 Å². The second kappa shape index (κ2) is 11.4. The molecule has 4 rings (SSSR count). The van der Waals surface area contributed by atoms with Gasteiger partial charge in [-0.05, 0) is 53.5 Å². The lowest BCUT2D eigenvalue weighted by Crippen LogP contribution is -2.63. The minimum Gasteiger partial charge on any atom is -0.458 e. The van der Waals surface area contributed by atoms with Gasteiger partial charge in [-0.25, -0.2) is 4.79 Å². The number of benzene rings is 1. The minimum atomic E-state index is -1.05. The average Bonchev–Trinajstić information content (AvgIpc) is 2.89. The first-order valence-corrected chi connectivity index (χ1v) is 14.1. The van der Waals surface area contributed by atoms with Gasteiger partial charge < -0.3 is 19.3 Å². The molecule has 0 heterocycles. The van der Waals surface area contributed by atoms with Crippen LogP contribution in [0.4, 0.5) is 0 Å². The summed E-state index contributed by atoms with van der Waals surface area (Å²) in [7, 11) is 0. The Labute approximate surface area is 241 Å². The number of hydrogen-bond donors (Lipinski definition) is 1. The Balaban J connectivity index is 1.93. The molecule has 3 aliphatic rings. The Kier molecular flexibility index (Phi) is 8.46. The summed E-state index contributed by atoms with van der Waals surface area (Å²) in [5.41, 5.74) is 0.460. The van der Waals surface area contributed by atoms with E-state index in [-0.39, 0.29) is 12.2 Å². The first kappa shape index (κ1) is 30.4. The van der Waals surface area contributed by atoms with Gasteiger partial charge >= 0.3 is 17.9 Å². The van der Waals surface area contributed by atoms with E-state index >= 15 is 0 Å². The number of ketones is 1. The summed E-state index contributed by atoms with van der Waals surface area (Å²) >= 11 is 0. The van der Waals surface area contributed by atoms with Gasteiger partial charge in [0.05, 0.1) is 6.10 Å². The highest BCUT2D eigenvalue weighted by Gasteiger charge is 2.64. The topological polar surface area (TPSA) is 116 Å². The fourth-order valence-corrected chi connectivity index (χ4v) is 7.33. The molecular formula is C33H40O8. The molecule has 0 unspecified atom stereocenters. The minimum absolute atomic E-state index is 0.0870. The predicted molar refractivity (Wildman–Crippen MR) is 152 cm³/mol. The quantitative estimate of drug-likeness (QED) is 0.236. The lowest BCUT2D eigenvalue weighted by molar-refractivity contribution is -0.200. The molecule has 1 aromatic carbocycles. The van der Waals surface area contributed by atoms with Crippen LogP contribution in [0.3, 0.4) is 0 Å². The summed E-state index contributed by atoms with van der Waals surface area (Å²) in [6, 6.07) is 9.32. The van der Waals surface area contributed by atoms with Crippen LogP contribution in [0.15, 0.2) is 59.7 Å². The van der Waals surface area contributed by atoms with Gasteiger partial charge in [0, 0.05) is 43.6 Å². The van der Waals surface area contributed by atoms with E-state index < -0.39 is 65.0 Å². The number of rotatable bonds is 5. The Morgan fingerprint density at radius 1 is 1.02 bits per heavy atom. The van der Waals surface area contributed by atoms with Crippen LogP contribution in [0.5, 0.6) is 0 Å². The molecule has 8 heteroatoms. The van der Waals surface area contributed by atoms with E-state index in [1.165, 1.54) is 19.9 Å². The van der Waals surface area contributed by atoms with Gasteiger partial charge in [-0.15, -0.1) is 0 Å². The van der Waals surface area contributed by atoms with Crippen LogP contribution in [-0.4, -0.2) is 53.2 Å². The van der Waals surface area contributed by atoms with E-state index in [1.807, 2.05) is 51.1 Å². The van der Waals surface area contributed by atoms with Crippen molar-refractivity contribution in [2.24, 2.45) is 22.7 Å². The zero-order chi connectivity index (χ0) is 30.3. The molecule has 2 saturated carbocycles. The van der Waals surface area contributed by atoms with Gasteiger partial charge in [0.2, 0.25) is 0 Å². The zero-order valence-corrected chi connectivity index (χ0v) is 24.6. The van der Waals surface area contributed by atoms with Gasteiger partial charge in [0.25, 0.3) is 0 Å². The van der Waals surface area contributed by atoms with E-state index in [0.717, 1.165) is 5.56 Å². The standard InChI is InChI=1S/C33H40O8/c1-18-24(36)15-16-33(7)28(18)29(41-26(38)14-13-22-11-9-8-10-12-22)23-17-25(37)19(2)27(32(23,5)6)30(39-20(3)34)31(33)40-21(4)35/h8-14,23-24,28-31,36H,1,15-17H2,2-7H3/b14-13+/t23-,24-,28-,29+,30+,31-,33+/m0/s1. The zero-order valence-electron chi connectivity index (χ0n) is 24.6. The number of aliphatic hydroxyl groups is 1. The van der Waals surface area contributed by atoms with Crippen molar-refractivity contribution in [1.82, 2.24) is 0 Å². The van der Waals surface area contributed by atoms with Gasteiger partial charge in [-0.2, -0.15) is 0 Å². The molecule has 3 aliphatic carbocycles. The summed E-state index contributed by atoms with van der Waals surface area (Å²) < 4.78 is 18.2. The molecule has 2 bridgehead atoms. The number of carbonyl (C=O) groups excluding carboxylic acids is 4. The molecule has 0 radical (unpaired) electrons. The smallest absolute Gasteiger partial charge is 0.331 e. The Hall–Kier alpha value is -3.52. The number of aliphatic hydroxyl groups excluding tert-OH is 1. The number of esters is 3. The maximum absolute atomic E-state index is 13.5. The van der Waals surface area contributed by atoms with Crippen LogP contribution in [0.25, 0.3) is 6.08 Å². The van der Waals surface area contributed by atoms with Gasteiger partial charge in [-0.3, -0.25) is 14.4 Å². The largest absolute Gasteiger partial charge is 0.458 e. The maximum atomic E-state index is 13.5. The van der Waals surface area contributed by atoms with E-state index in [1.54, 1.807) is 13.0 Å². The molecule has 0 saturated heterocycles. The van der Waals surface area contributed by atoms with E-state index in [0.29, 0.717) is 29.6 Å². The molecule has 8 nitrogen and oxygen atoms in total. The van der Waals surface area contributed by atoms with Crippen molar-refractivity contribution >= 4 is 29.8 Å².